The van der Waals surface area contributed by atoms with E-state index in [9.17, 15) is 51.8 Å². The summed E-state index contributed by atoms with van der Waals surface area (Å²) in [6.45, 7) is 0. The first-order chi connectivity index (χ1) is 12.0. The zero-order chi connectivity index (χ0) is 21.7. The van der Waals surface area contributed by atoms with E-state index in [0.717, 1.165) is 5.92 Å². The van der Waals surface area contributed by atoms with Crippen LogP contribution in [0.5, 0.6) is 0 Å². The normalized spacial score (nSPS) is 14.7. The van der Waals surface area contributed by atoms with Crippen molar-refractivity contribution < 1.29 is 105 Å². The average molecular weight is 461 g/mol. The molecule has 0 radical (unpaired) electrons. The molecule has 0 N–H and O–H groups in total. The molecule has 1 aromatic rings. The molecule has 1 fully saturated rings. The van der Waals surface area contributed by atoms with Gasteiger partial charge in [-0.2, -0.15) is 0 Å². The Hall–Kier alpha value is 0.211. The third kappa shape index (κ3) is 40.8. The molecule has 0 aromatic heterocycles. The van der Waals surface area contributed by atoms with Crippen molar-refractivity contribution in [2.75, 3.05) is 0 Å². The molecule has 0 unspecified atom stereocenters. The van der Waals surface area contributed by atoms with E-state index in [1.165, 1.54) is 32.1 Å². The van der Waals surface area contributed by atoms with E-state index in [1.807, 2.05) is 0 Å². The van der Waals surface area contributed by atoms with Crippen LogP contribution in [0.15, 0.2) is 30.3 Å². The predicted molar refractivity (Wildman–Crippen MR) is 83.9 cm³/mol. The summed E-state index contributed by atoms with van der Waals surface area (Å²) in [5, 5.41) is 0. The van der Waals surface area contributed by atoms with Gasteiger partial charge in [0.15, 0.2) is 0 Å². The van der Waals surface area contributed by atoms with Crippen molar-refractivity contribution in [3.63, 3.8) is 0 Å². The summed E-state index contributed by atoms with van der Waals surface area (Å²) in [6.07, 6.45) is 7.12. The van der Waals surface area contributed by atoms with Crippen LogP contribution in [0.1, 0.15) is 45.0 Å². The fourth-order valence-electron chi connectivity index (χ4n) is 2.16. The zero-order valence-corrected chi connectivity index (χ0v) is 17.9. The van der Waals surface area contributed by atoms with Crippen LogP contribution in [-0.2, 0) is 0 Å². The van der Waals surface area contributed by atoms with Crippen LogP contribution >= 0.6 is 0 Å². The quantitative estimate of drug-likeness (QED) is 0.419. The Morgan fingerprint density at radius 3 is 1.14 bits per heavy atom. The SMILES string of the molecule is F[B-](F)(F)F.F[B-](F)(F)F.F[B-](F)(F)F.[H-].[K+].c1ccc(C2CCCCC2)cc1. The molecule has 0 spiro atoms. The first-order valence-electron chi connectivity index (χ1n) is 7.63. The zero-order valence-electron chi connectivity index (χ0n) is 15.8. The summed E-state index contributed by atoms with van der Waals surface area (Å²) in [6, 6.07) is 11.0. The molecular weight excluding hydrogens is 444 g/mol. The molecule has 0 heterocycles. The Bertz CT molecular complexity index is 431. The molecule has 0 nitrogen and oxygen atoms in total. The molecule has 2 rings (SSSR count). The minimum absolute atomic E-state index is 0. The largest absolute Gasteiger partial charge is 1.00 e. The number of hydrogen-bond acceptors (Lipinski definition) is 0. The molecule has 162 valence electrons. The molecule has 0 aliphatic heterocycles. The van der Waals surface area contributed by atoms with Gasteiger partial charge in [0.25, 0.3) is 0 Å². The van der Waals surface area contributed by atoms with E-state index in [4.69, 9.17) is 0 Å². The van der Waals surface area contributed by atoms with E-state index in [2.05, 4.69) is 30.3 Å². The van der Waals surface area contributed by atoms with Gasteiger partial charge in [-0.3, -0.25) is 0 Å². The van der Waals surface area contributed by atoms with Crippen molar-refractivity contribution in [3.05, 3.63) is 35.9 Å². The molecule has 0 amide bonds. The third-order valence-electron chi connectivity index (χ3n) is 2.88. The summed E-state index contributed by atoms with van der Waals surface area (Å²) < 4.78 is 117. The molecule has 28 heavy (non-hydrogen) atoms. The van der Waals surface area contributed by atoms with Crippen molar-refractivity contribution in [2.45, 2.75) is 38.0 Å². The summed E-state index contributed by atoms with van der Waals surface area (Å²) in [5.41, 5.74) is 1.55. The smallest absolute Gasteiger partial charge is 1.00 e. The maximum Gasteiger partial charge on any atom is 1.00 e. The predicted octanol–water partition coefficient (Wildman–Crippen LogP) is 4.75. The van der Waals surface area contributed by atoms with Gasteiger partial charge in [0.2, 0.25) is 0 Å². The molecule has 1 saturated carbocycles. The Morgan fingerprint density at radius 2 is 0.857 bits per heavy atom. The van der Waals surface area contributed by atoms with Crippen LogP contribution in [0.3, 0.4) is 0 Å². The summed E-state index contributed by atoms with van der Waals surface area (Å²) >= 11 is 0. The summed E-state index contributed by atoms with van der Waals surface area (Å²) in [4.78, 5) is 0. The van der Waals surface area contributed by atoms with E-state index in [1.54, 1.807) is 5.56 Å². The second-order valence-corrected chi connectivity index (χ2v) is 5.23. The van der Waals surface area contributed by atoms with E-state index < -0.39 is 21.8 Å². The van der Waals surface area contributed by atoms with E-state index >= 15 is 0 Å². The summed E-state index contributed by atoms with van der Waals surface area (Å²) in [5.74, 6) is 0.861. The first-order valence-corrected chi connectivity index (χ1v) is 7.63. The molecule has 0 bridgehead atoms. The van der Waals surface area contributed by atoms with Gasteiger partial charge < -0.3 is 53.2 Å². The van der Waals surface area contributed by atoms with Crippen LogP contribution in [0.25, 0.3) is 0 Å². The maximum atomic E-state index is 9.75. The Balaban J connectivity index is -0.000000158. The van der Waals surface area contributed by atoms with Crippen LogP contribution in [0.4, 0.5) is 51.8 Å². The minimum Gasteiger partial charge on any atom is -1.00 e. The monoisotopic (exact) mass is 461 g/mol. The van der Waals surface area contributed by atoms with Crippen LogP contribution < -0.4 is 51.4 Å². The van der Waals surface area contributed by atoms with Crippen LogP contribution in [-0.4, -0.2) is 21.8 Å². The second kappa shape index (κ2) is 16.0. The van der Waals surface area contributed by atoms with Gasteiger partial charge in [-0.05, 0) is 24.3 Å². The third-order valence-corrected chi connectivity index (χ3v) is 2.88. The van der Waals surface area contributed by atoms with Crippen molar-refractivity contribution >= 4 is 21.8 Å². The van der Waals surface area contributed by atoms with Crippen LogP contribution in [0.2, 0.25) is 0 Å². The number of halogens is 12. The number of rotatable bonds is 1. The molecule has 0 atom stereocenters. The minimum atomic E-state index is -6.00. The van der Waals surface area contributed by atoms with Gasteiger partial charge in [0.1, 0.15) is 0 Å². The van der Waals surface area contributed by atoms with Gasteiger partial charge >= 0.3 is 73.1 Å². The molecule has 16 heteroatoms. The molecule has 1 aliphatic carbocycles. The van der Waals surface area contributed by atoms with Gasteiger partial charge in [0, 0.05) is 0 Å². The van der Waals surface area contributed by atoms with Crippen molar-refractivity contribution in [2.24, 2.45) is 0 Å². The van der Waals surface area contributed by atoms with Crippen molar-refractivity contribution in [1.82, 2.24) is 0 Å². The van der Waals surface area contributed by atoms with Gasteiger partial charge in [-0.15, -0.1) is 0 Å². The summed E-state index contributed by atoms with van der Waals surface area (Å²) in [7, 11) is -18.0. The number of hydrogen-bond donors (Lipinski definition) is 0. The van der Waals surface area contributed by atoms with Gasteiger partial charge in [-0.1, -0.05) is 49.6 Å². The Morgan fingerprint density at radius 1 is 0.571 bits per heavy atom. The molecular formula is C12H17B3F12K-3. The molecule has 1 aliphatic rings. The van der Waals surface area contributed by atoms with Gasteiger partial charge in [-0.25, -0.2) is 0 Å². The van der Waals surface area contributed by atoms with Crippen molar-refractivity contribution in [1.29, 1.82) is 0 Å². The topological polar surface area (TPSA) is 0 Å². The van der Waals surface area contributed by atoms with E-state index in [0.29, 0.717) is 0 Å². The molecule has 0 saturated heterocycles. The second-order valence-electron chi connectivity index (χ2n) is 5.23. The van der Waals surface area contributed by atoms with Crippen LogP contribution in [0, 0.1) is 0 Å². The standard InChI is InChI=1S/C12H16.3BF4.K.H/c1-3-7-11(8-4-1)12-9-5-2-6-10-12;3*2-1(3,4)5;;/h1,3-4,7-8,12H,2,5-6,9-10H2;;;;;/q;3*-1;+1;-1. The Labute approximate surface area is 199 Å². The fourth-order valence-corrected chi connectivity index (χ4v) is 2.16. The first kappa shape index (κ1) is 32.9. The van der Waals surface area contributed by atoms with Gasteiger partial charge in [0.05, 0.1) is 0 Å². The molecule has 1 aromatic carbocycles. The maximum absolute atomic E-state index is 9.75. The van der Waals surface area contributed by atoms with Crippen molar-refractivity contribution in [3.8, 4) is 0 Å². The number of benzene rings is 1. The van der Waals surface area contributed by atoms with E-state index in [-0.39, 0.29) is 52.8 Å². The Kier molecular flexibility index (Phi) is 18.7. The fraction of sp³-hybridized carbons (Fsp3) is 0.500. The average Bonchev–Trinajstić information content (AvgIpc) is 2.44.